The predicted octanol–water partition coefficient (Wildman–Crippen LogP) is 1.35. The first-order valence-electron chi connectivity index (χ1n) is 13.0. The first-order chi connectivity index (χ1) is 19.3. The maximum absolute atomic E-state index is 13.1. The standard InChI is InChI=1S/C29H38N4O8/c1-18(25(36)30-17-24(35)32-23(27(38)40-5)16-19-9-7-6-8-10-19)31-26(37)22(33-28(39)41-29(2,3)4)15-20-11-13-21(34)14-12-20/h6-14,18,22-23,34H,15-17H2,1-5H3,(H,30,36)(H,31,37)(H,32,35)(H,33,39)/t18-,22+,23+/m1/s1. The molecule has 0 radical (unpaired) electrons. The van der Waals surface area contributed by atoms with Gasteiger partial charge in [-0.1, -0.05) is 42.5 Å². The molecule has 2 aromatic rings. The van der Waals surface area contributed by atoms with E-state index in [0.29, 0.717) is 5.56 Å². The maximum Gasteiger partial charge on any atom is 0.408 e. The smallest absolute Gasteiger partial charge is 0.408 e. The molecule has 0 saturated heterocycles. The van der Waals surface area contributed by atoms with E-state index < -0.39 is 60.1 Å². The summed E-state index contributed by atoms with van der Waals surface area (Å²) in [5, 5.41) is 19.5. The monoisotopic (exact) mass is 570 g/mol. The predicted molar refractivity (Wildman–Crippen MR) is 150 cm³/mol. The van der Waals surface area contributed by atoms with Crippen molar-refractivity contribution >= 4 is 29.8 Å². The highest BCUT2D eigenvalue weighted by Crippen LogP contribution is 2.13. The SMILES string of the molecule is COC(=O)[C@H](Cc1ccccc1)NC(=O)CNC(=O)[C@@H](C)NC(=O)[C@H](Cc1ccc(O)cc1)NC(=O)OC(C)(C)C. The van der Waals surface area contributed by atoms with Gasteiger partial charge in [-0.15, -0.1) is 0 Å². The topological polar surface area (TPSA) is 172 Å². The van der Waals surface area contributed by atoms with Crippen LogP contribution in [-0.2, 0) is 41.5 Å². The Morgan fingerprint density at radius 1 is 0.805 bits per heavy atom. The fraction of sp³-hybridized carbons (Fsp3) is 0.414. The van der Waals surface area contributed by atoms with E-state index >= 15 is 0 Å². The van der Waals surface area contributed by atoms with Gasteiger partial charge in [-0.3, -0.25) is 14.4 Å². The third kappa shape index (κ3) is 12.0. The molecule has 0 aliphatic rings. The van der Waals surface area contributed by atoms with E-state index in [2.05, 4.69) is 21.3 Å². The van der Waals surface area contributed by atoms with Gasteiger partial charge in [0, 0.05) is 12.8 Å². The average molecular weight is 571 g/mol. The van der Waals surface area contributed by atoms with E-state index in [1.165, 1.54) is 26.2 Å². The molecule has 222 valence electrons. The van der Waals surface area contributed by atoms with Crippen LogP contribution in [0.2, 0.25) is 0 Å². The van der Waals surface area contributed by atoms with Gasteiger partial charge in [-0.2, -0.15) is 0 Å². The molecule has 0 heterocycles. The van der Waals surface area contributed by atoms with Gasteiger partial charge in [0.15, 0.2) is 0 Å². The molecule has 0 fully saturated rings. The zero-order valence-electron chi connectivity index (χ0n) is 23.9. The summed E-state index contributed by atoms with van der Waals surface area (Å²) in [7, 11) is 1.21. The number of esters is 1. The number of carbonyl (C=O) groups is 5. The van der Waals surface area contributed by atoms with Crippen LogP contribution >= 0.6 is 0 Å². The van der Waals surface area contributed by atoms with Crippen LogP contribution in [-0.4, -0.2) is 72.3 Å². The second-order valence-corrected chi connectivity index (χ2v) is 10.4. The largest absolute Gasteiger partial charge is 0.508 e. The molecule has 0 saturated carbocycles. The number of aromatic hydroxyl groups is 1. The molecule has 12 nitrogen and oxygen atoms in total. The van der Waals surface area contributed by atoms with Crippen LogP contribution in [0.25, 0.3) is 0 Å². The summed E-state index contributed by atoms with van der Waals surface area (Å²) in [6.07, 6.45) is -0.564. The van der Waals surface area contributed by atoms with Gasteiger partial charge in [0.05, 0.1) is 13.7 Å². The number of hydrogen-bond donors (Lipinski definition) is 5. The van der Waals surface area contributed by atoms with Gasteiger partial charge in [0.2, 0.25) is 17.7 Å². The summed E-state index contributed by atoms with van der Waals surface area (Å²) < 4.78 is 10.0. The maximum atomic E-state index is 13.1. The highest BCUT2D eigenvalue weighted by atomic mass is 16.6. The summed E-state index contributed by atoms with van der Waals surface area (Å²) in [5.41, 5.74) is 0.652. The van der Waals surface area contributed by atoms with Crippen LogP contribution in [0.5, 0.6) is 5.75 Å². The zero-order valence-corrected chi connectivity index (χ0v) is 23.9. The van der Waals surface area contributed by atoms with Crippen molar-refractivity contribution in [2.45, 2.75) is 64.3 Å². The lowest BCUT2D eigenvalue weighted by Gasteiger charge is -2.24. The second-order valence-electron chi connectivity index (χ2n) is 10.4. The Hall–Kier alpha value is -4.61. The first kappa shape index (κ1) is 32.6. The molecule has 0 unspecified atom stereocenters. The fourth-order valence-electron chi connectivity index (χ4n) is 3.66. The normalized spacial score (nSPS) is 13.1. The number of nitrogens with one attached hydrogen (secondary N) is 4. The van der Waals surface area contributed by atoms with Gasteiger partial charge in [0.25, 0.3) is 0 Å². The molecule has 4 amide bonds. The minimum atomic E-state index is -1.10. The number of phenols is 1. The highest BCUT2D eigenvalue weighted by Gasteiger charge is 2.28. The number of ether oxygens (including phenoxy) is 2. The molecule has 0 bridgehead atoms. The zero-order chi connectivity index (χ0) is 30.6. The molecule has 41 heavy (non-hydrogen) atoms. The Morgan fingerprint density at radius 2 is 1.39 bits per heavy atom. The van der Waals surface area contributed by atoms with E-state index in [1.54, 1.807) is 57.2 Å². The summed E-state index contributed by atoms with van der Waals surface area (Å²) in [6.45, 7) is 6.01. The summed E-state index contributed by atoms with van der Waals surface area (Å²) in [6, 6.07) is 12.0. The van der Waals surface area contributed by atoms with Crippen LogP contribution in [0.4, 0.5) is 4.79 Å². The lowest BCUT2D eigenvalue weighted by Crippen LogP contribution is -2.55. The minimum Gasteiger partial charge on any atom is -0.508 e. The molecular formula is C29H38N4O8. The summed E-state index contributed by atoms with van der Waals surface area (Å²) in [4.78, 5) is 62.7. The second kappa shape index (κ2) is 15.2. The summed E-state index contributed by atoms with van der Waals surface area (Å²) >= 11 is 0. The van der Waals surface area contributed by atoms with Crippen molar-refractivity contribution in [3.63, 3.8) is 0 Å². The molecule has 2 rings (SSSR count). The molecule has 0 aliphatic carbocycles. The Labute approximate surface area is 239 Å². The lowest BCUT2D eigenvalue weighted by atomic mass is 10.0. The lowest BCUT2D eigenvalue weighted by molar-refractivity contribution is -0.145. The van der Waals surface area contributed by atoms with E-state index in [0.717, 1.165) is 5.56 Å². The Balaban J connectivity index is 1.97. The van der Waals surface area contributed by atoms with Crippen LogP contribution in [0.3, 0.4) is 0 Å². The van der Waals surface area contributed by atoms with Gasteiger partial charge < -0.3 is 35.8 Å². The Morgan fingerprint density at radius 3 is 1.98 bits per heavy atom. The molecule has 12 heteroatoms. The summed E-state index contributed by atoms with van der Waals surface area (Å²) in [5.74, 6) is -2.54. The van der Waals surface area contributed by atoms with Crippen molar-refractivity contribution in [3.05, 3.63) is 65.7 Å². The van der Waals surface area contributed by atoms with Crippen molar-refractivity contribution in [2.75, 3.05) is 13.7 Å². The molecular weight excluding hydrogens is 532 g/mol. The van der Waals surface area contributed by atoms with Gasteiger partial charge >= 0.3 is 12.1 Å². The number of alkyl carbamates (subject to hydrolysis) is 1. The average Bonchev–Trinajstić information content (AvgIpc) is 2.91. The number of phenolic OH excluding ortho intramolecular Hbond substituents is 1. The third-order valence-electron chi connectivity index (χ3n) is 5.66. The van der Waals surface area contributed by atoms with Crippen LogP contribution in [0, 0.1) is 0 Å². The number of benzene rings is 2. The van der Waals surface area contributed by atoms with E-state index in [-0.39, 0.29) is 18.6 Å². The van der Waals surface area contributed by atoms with Crippen LogP contribution in [0.15, 0.2) is 54.6 Å². The molecule has 0 spiro atoms. The number of hydrogen-bond acceptors (Lipinski definition) is 8. The molecule has 2 aromatic carbocycles. The van der Waals surface area contributed by atoms with Crippen molar-refractivity contribution in [1.29, 1.82) is 0 Å². The first-order valence-corrected chi connectivity index (χ1v) is 13.0. The molecule has 3 atom stereocenters. The number of amides is 4. The van der Waals surface area contributed by atoms with E-state index in [9.17, 15) is 29.1 Å². The van der Waals surface area contributed by atoms with Crippen molar-refractivity contribution in [2.24, 2.45) is 0 Å². The van der Waals surface area contributed by atoms with Crippen molar-refractivity contribution < 1.29 is 38.6 Å². The number of methoxy groups -OCH3 is 1. The Kier molecular flexibility index (Phi) is 12.1. The quantitative estimate of drug-likeness (QED) is 0.238. The van der Waals surface area contributed by atoms with E-state index in [1.807, 2.05) is 6.07 Å². The molecule has 5 N–H and O–H groups in total. The van der Waals surface area contributed by atoms with E-state index in [4.69, 9.17) is 9.47 Å². The van der Waals surface area contributed by atoms with Gasteiger partial charge in [-0.25, -0.2) is 9.59 Å². The number of carbonyl (C=O) groups excluding carboxylic acids is 5. The van der Waals surface area contributed by atoms with Crippen LogP contribution in [0.1, 0.15) is 38.8 Å². The van der Waals surface area contributed by atoms with Crippen molar-refractivity contribution in [1.82, 2.24) is 21.3 Å². The third-order valence-corrected chi connectivity index (χ3v) is 5.66. The van der Waals surface area contributed by atoms with Gasteiger partial charge in [0.1, 0.15) is 29.5 Å². The fourth-order valence-corrected chi connectivity index (χ4v) is 3.66. The Bertz CT molecular complexity index is 1200. The number of rotatable bonds is 12. The van der Waals surface area contributed by atoms with Gasteiger partial charge in [-0.05, 0) is 51.0 Å². The molecule has 0 aliphatic heterocycles. The van der Waals surface area contributed by atoms with Crippen LogP contribution < -0.4 is 21.3 Å². The van der Waals surface area contributed by atoms with Crippen molar-refractivity contribution in [3.8, 4) is 5.75 Å². The minimum absolute atomic E-state index is 0.0437. The molecule has 0 aromatic heterocycles. The highest BCUT2D eigenvalue weighted by molar-refractivity contribution is 5.93.